The molecule has 0 spiro atoms. The van der Waals surface area contributed by atoms with E-state index in [0.29, 0.717) is 45.2 Å². The molecule has 216 valence electrons. The molecule has 0 aliphatic carbocycles. The second-order valence-electron chi connectivity index (χ2n) is 10.7. The minimum absolute atomic E-state index is 0.290. The molecule has 41 heavy (non-hydrogen) atoms. The number of carbonyl (C=O) groups is 1. The van der Waals surface area contributed by atoms with Gasteiger partial charge in [-0.05, 0) is 43.7 Å². The monoisotopic (exact) mass is 566 g/mol. The Balaban J connectivity index is 1.22. The van der Waals surface area contributed by atoms with Crippen LogP contribution >= 0.6 is 0 Å². The van der Waals surface area contributed by atoms with Gasteiger partial charge in [-0.15, -0.1) is 0 Å². The summed E-state index contributed by atoms with van der Waals surface area (Å²) in [6.07, 6.45) is -2.02. The standard InChI is InChI=1S/C29H33F3N8O/c1-19(2)38(3)27-15-24(34-18-35-27)21-4-5-23-25(13-21)37-26(36-23)14-22-12-20(6-7-33-22)17-39-8-10-40(11-9-39)28(41)16-29(30,31)32/h4-7,12-13,15,18-19H,8-11,14,16-17H2,1-3H3,(H,36,37). The molecule has 0 bridgehead atoms. The topological polar surface area (TPSA) is 94.1 Å². The molecule has 4 heterocycles. The van der Waals surface area contributed by atoms with Gasteiger partial charge in [0.15, 0.2) is 0 Å². The number of halogens is 3. The zero-order valence-corrected chi connectivity index (χ0v) is 23.3. The van der Waals surface area contributed by atoms with Crippen LogP contribution in [0.2, 0.25) is 0 Å². The maximum absolute atomic E-state index is 12.6. The molecule has 1 aliphatic heterocycles. The Bertz CT molecular complexity index is 1510. The third-order valence-corrected chi connectivity index (χ3v) is 7.33. The minimum atomic E-state index is -4.48. The van der Waals surface area contributed by atoms with Gasteiger partial charge < -0.3 is 14.8 Å². The van der Waals surface area contributed by atoms with Crippen LogP contribution in [0.1, 0.15) is 37.4 Å². The van der Waals surface area contributed by atoms with Crippen LogP contribution in [0.15, 0.2) is 48.9 Å². The van der Waals surface area contributed by atoms with Crippen LogP contribution in [-0.4, -0.2) is 86.1 Å². The SMILES string of the molecule is CC(C)N(C)c1cc(-c2ccc3nc(Cc4cc(CN5CCN(C(=O)CC(F)(F)F)CC5)ccn4)[nH]c3c2)ncn1. The van der Waals surface area contributed by atoms with Gasteiger partial charge in [0, 0.05) is 75.8 Å². The Labute approximate surface area is 236 Å². The van der Waals surface area contributed by atoms with E-state index in [1.54, 1.807) is 12.5 Å². The molecule has 0 atom stereocenters. The first-order valence-corrected chi connectivity index (χ1v) is 13.6. The smallest absolute Gasteiger partial charge is 0.357 e. The van der Waals surface area contributed by atoms with Crippen molar-refractivity contribution in [2.45, 2.75) is 45.5 Å². The molecular weight excluding hydrogens is 533 g/mol. The summed E-state index contributed by atoms with van der Waals surface area (Å²) in [6, 6.07) is 12.3. The van der Waals surface area contributed by atoms with Crippen molar-refractivity contribution in [3.05, 3.63) is 66.0 Å². The number of rotatable bonds is 8. The van der Waals surface area contributed by atoms with E-state index in [1.807, 2.05) is 43.4 Å². The van der Waals surface area contributed by atoms with Gasteiger partial charge in [0.05, 0.1) is 16.7 Å². The highest BCUT2D eigenvalue weighted by atomic mass is 19.4. The van der Waals surface area contributed by atoms with E-state index < -0.39 is 18.5 Å². The van der Waals surface area contributed by atoms with Gasteiger partial charge >= 0.3 is 6.18 Å². The van der Waals surface area contributed by atoms with Gasteiger partial charge in [-0.3, -0.25) is 14.7 Å². The summed E-state index contributed by atoms with van der Waals surface area (Å²) in [5.41, 5.74) is 5.47. The fraction of sp³-hybridized carbons (Fsp3) is 0.414. The molecule has 0 saturated carbocycles. The van der Waals surface area contributed by atoms with Crippen LogP contribution in [-0.2, 0) is 17.8 Å². The predicted molar refractivity (Wildman–Crippen MR) is 150 cm³/mol. The number of fused-ring (bicyclic) bond motifs is 1. The lowest BCUT2D eigenvalue weighted by molar-refractivity contribution is -0.162. The lowest BCUT2D eigenvalue weighted by Gasteiger charge is -2.35. The van der Waals surface area contributed by atoms with Crippen molar-refractivity contribution >= 4 is 22.8 Å². The van der Waals surface area contributed by atoms with Gasteiger partial charge in [-0.25, -0.2) is 15.0 Å². The van der Waals surface area contributed by atoms with E-state index in [2.05, 4.69) is 43.6 Å². The number of nitrogens with one attached hydrogen (secondary N) is 1. The molecule has 1 N–H and O–H groups in total. The van der Waals surface area contributed by atoms with Crippen LogP contribution in [0.3, 0.4) is 0 Å². The Hall–Kier alpha value is -4.06. The van der Waals surface area contributed by atoms with Gasteiger partial charge in [-0.1, -0.05) is 6.07 Å². The highest BCUT2D eigenvalue weighted by Crippen LogP contribution is 2.25. The Morgan fingerprint density at radius 2 is 1.83 bits per heavy atom. The molecule has 1 aliphatic rings. The average molecular weight is 567 g/mol. The Morgan fingerprint density at radius 1 is 1.05 bits per heavy atom. The van der Waals surface area contributed by atoms with E-state index in [9.17, 15) is 18.0 Å². The Morgan fingerprint density at radius 3 is 2.56 bits per heavy atom. The molecular formula is C29H33F3N8O. The number of benzene rings is 1. The zero-order valence-electron chi connectivity index (χ0n) is 23.3. The van der Waals surface area contributed by atoms with E-state index in [1.165, 1.54) is 4.90 Å². The van der Waals surface area contributed by atoms with Gasteiger partial charge in [0.2, 0.25) is 5.91 Å². The van der Waals surface area contributed by atoms with Crippen molar-refractivity contribution in [3.8, 4) is 11.3 Å². The van der Waals surface area contributed by atoms with Crippen LogP contribution in [0.5, 0.6) is 0 Å². The molecule has 1 aromatic carbocycles. The Kier molecular flexibility index (Phi) is 8.20. The first-order chi connectivity index (χ1) is 19.5. The highest BCUT2D eigenvalue weighted by Gasteiger charge is 2.34. The number of piperazine rings is 1. The van der Waals surface area contributed by atoms with Crippen LogP contribution in [0.25, 0.3) is 22.3 Å². The number of anilines is 1. The number of amides is 1. The molecule has 1 amide bonds. The predicted octanol–water partition coefficient (Wildman–Crippen LogP) is 4.45. The normalized spacial score (nSPS) is 14.7. The van der Waals surface area contributed by atoms with Crippen molar-refractivity contribution in [2.75, 3.05) is 38.1 Å². The first-order valence-electron chi connectivity index (χ1n) is 13.6. The summed E-state index contributed by atoms with van der Waals surface area (Å²) < 4.78 is 37.7. The van der Waals surface area contributed by atoms with Crippen molar-refractivity contribution < 1.29 is 18.0 Å². The third kappa shape index (κ3) is 7.18. The molecule has 0 unspecified atom stereocenters. The number of nitrogens with zero attached hydrogens (tertiary/aromatic N) is 7. The quantitative estimate of drug-likeness (QED) is 0.337. The molecule has 9 nitrogen and oxygen atoms in total. The summed E-state index contributed by atoms with van der Waals surface area (Å²) in [4.78, 5) is 38.9. The van der Waals surface area contributed by atoms with Crippen molar-refractivity contribution in [1.29, 1.82) is 0 Å². The van der Waals surface area contributed by atoms with Gasteiger partial charge in [0.1, 0.15) is 24.4 Å². The summed E-state index contributed by atoms with van der Waals surface area (Å²) >= 11 is 0. The van der Waals surface area contributed by atoms with Gasteiger partial charge in [-0.2, -0.15) is 13.2 Å². The maximum Gasteiger partial charge on any atom is 0.397 e. The number of aromatic nitrogens is 5. The van der Waals surface area contributed by atoms with Crippen molar-refractivity contribution in [2.24, 2.45) is 0 Å². The number of imidazole rings is 1. The van der Waals surface area contributed by atoms with Crippen molar-refractivity contribution in [3.63, 3.8) is 0 Å². The largest absolute Gasteiger partial charge is 0.397 e. The number of aromatic amines is 1. The summed E-state index contributed by atoms with van der Waals surface area (Å²) in [7, 11) is 2.01. The number of alkyl halides is 3. The lowest BCUT2D eigenvalue weighted by Crippen LogP contribution is -2.49. The molecule has 5 rings (SSSR count). The van der Waals surface area contributed by atoms with E-state index in [0.717, 1.165) is 45.2 Å². The van der Waals surface area contributed by atoms with Crippen LogP contribution in [0, 0.1) is 0 Å². The number of carbonyl (C=O) groups excluding carboxylic acids is 1. The minimum Gasteiger partial charge on any atom is -0.357 e. The average Bonchev–Trinajstić information content (AvgIpc) is 3.33. The first kappa shape index (κ1) is 28.5. The summed E-state index contributed by atoms with van der Waals surface area (Å²) in [6.45, 7) is 6.48. The second-order valence-corrected chi connectivity index (χ2v) is 10.7. The molecule has 3 aromatic heterocycles. The maximum atomic E-state index is 12.6. The van der Waals surface area contributed by atoms with Crippen LogP contribution in [0.4, 0.5) is 19.0 Å². The number of hydrogen-bond donors (Lipinski definition) is 1. The highest BCUT2D eigenvalue weighted by molar-refractivity contribution is 5.81. The van der Waals surface area contributed by atoms with E-state index in [-0.39, 0.29) is 0 Å². The second kappa shape index (κ2) is 11.8. The molecule has 4 aromatic rings. The van der Waals surface area contributed by atoms with E-state index in [4.69, 9.17) is 4.98 Å². The van der Waals surface area contributed by atoms with Crippen molar-refractivity contribution in [1.82, 2.24) is 34.7 Å². The molecule has 1 fully saturated rings. The van der Waals surface area contributed by atoms with Crippen LogP contribution < -0.4 is 4.90 Å². The summed E-state index contributed by atoms with van der Waals surface area (Å²) in [5, 5.41) is 0. The fourth-order valence-electron chi connectivity index (χ4n) is 4.86. The lowest BCUT2D eigenvalue weighted by atomic mass is 10.1. The molecule has 12 heteroatoms. The number of hydrogen-bond acceptors (Lipinski definition) is 7. The third-order valence-electron chi connectivity index (χ3n) is 7.33. The number of pyridine rings is 1. The zero-order chi connectivity index (χ0) is 29.1. The van der Waals surface area contributed by atoms with E-state index >= 15 is 0 Å². The fourth-order valence-corrected chi connectivity index (χ4v) is 4.86. The molecule has 0 radical (unpaired) electrons. The number of H-pyrrole nitrogens is 1. The van der Waals surface area contributed by atoms with Gasteiger partial charge in [0.25, 0.3) is 0 Å². The molecule has 1 saturated heterocycles. The summed E-state index contributed by atoms with van der Waals surface area (Å²) in [5.74, 6) is 0.793.